The Labute approximate surface area is 159 Å². The van der Waals surface area contributed by atoms with Crippen molar-refractivity contribution in [2.45, 2.75) is 20.8 Å². The number of hydrogen-bond donors (Lipinski definition) is 2. The molecule has 0 aliphatic heterocycles. The number of benzene rings is 2. The average molecular weight is 360 g/mol. The minimum Gasteiger partial charge on any atom is -0.376 e. The van der Waals surface area contributed by atoms with Crippen LogP contribution in [-0.4, -0.2) is 23.2 Å². The van der Waals surface area contributed by atoms with Crippen LogP contribution in [0.2, 0.25) is 0 Å². The van der Waals surface area contributed by atoms with Crippen molar-refractivity contribution in [1.29, 1.82) is 0 Å². The average Bonchev–Trinajstić information content (AvgIpc) is 2.94. The summed E-state index contributed by atoms with van der Waals surface area (Å²) in [6.07, 6.45) is 1.69. The smallest absolute Gasteiger partial charge is 0.259 e. The fraction of sp³-hybridized carbons (Fsp3) is 0.182. The Bertz CT molecular complexity index is 958. The van der Waals surface area contributed by atoms with Gasteiger partial charge in [0.15, 0.2) is 0 Å². The van der Waals surface area contributed by atoms with Crippen molar-refractivity contribution in [3.63, 3.8) is 0 Å². The van der Waals surface area contributed by atoms with Crippen LogP contribution in [0.3, 0.4) is 0 Å². The third-order valence-electron chi connectivity index (χ3n) is 4.35. The number of aromatic nitrogens is 1. The molecule has 0 saturated carbocycles. The summed E-state index contributed by atoms with van der Waals surface area (Å²) in [5.74, 6) is -0.192. The van der Waals surface area contributed by atoms with Crippen molar-refractivity contribution < 1.29 is 4.79 Å². The molecule has 1 amide bonds. The van der Waals surface area contributed by atoms with Gasteiger partial charge in [0.1, 0.15) is 0 Å². The highest BCUT2D eigenvalue weighted by Crippen LogP contribution is 2.20. The summed E-state index contributed by atoms with van der Waals surface area (Å²) in [7, 11) is 0. The number of anilines is 1. The monoisotopic (exact) mass is 360 g/mol. The number of para-hydroxylation sites is 1. The summed E-state index contributed by atoms with van der Waals surface area (Å²) in [6, 6.07) is 20.0. The van der Waals surface area contributed by atoms with E-state index < -0.39 is 0 Å². The van der Waals surface area contributed by atoms with E-state index in [2.05, 4.69) is 71.5 Å². The first-order valence-electron chi connectivity index (χ1n) is 8.91. The minimum absolute atomic E-state index is 0.170. The van der Waals surface area contributed by atoms with Crippen LogP contribution in [0.15, 0.2) is 65.8 Å². The van der Waals surface area contributed by atoms with Crippen molar-refractivity contribution in [2.24, 2.45) is 5.10 Å². The normalized spacial score (nSPS) is 10.9. The Hall–Kier alpha value is -3.34. The molecule has 0 atom stereocenters. The minimum atomic E-state index is -0.192. The first kappa shape index (κ1) is 18.5. The van der Waals surface area contributed by atoms with Gasteiger partial charge in [-0.3, -0.25) is 4.79 Å². The standard InChI is InChI=1S/C22H24N4O/c1-16-8-7-11-21(12-16)26-17(2)13-19(18(26)3)14-24-25-22(27)15-23-20-9-5-4-6-10-20/h4-14,23H,15H2,1-3H3,(H,25,27)/b24-14-. The van der Waals surface area contributed by atoms with Crippen LogP contribution in [0.4, 0.5) is 5.69 Å². The van der Waals surface area contributed by atoms with E-state index in [1.165, 1.54) is 5.56 Å². The van der Waals surface area contributed by atoms with E-state index in [0.717, 1.165) is 28.3 Å². The lowest BCUT2D eigenvalue weighted by Crippen LogP contribution is -2.25. The summed E-state index contributed by atoms with van der Waals surface area (Å²) in [4.78, 5) is 11.9. The van der Waals surface area contributed by atoms with Crippen molar-refractivity contribution in [1.82, 2.24) is 9.99 Å². The summed E-state index contributed by atoms with van der Waals surface area (Å²) in [5, 5.41) is 7.16. The molecule has 0 aliphatic rings. The van der Waals surface area contributed by atoms with Gasteiger partial charge in [-0.25, -0.2) is 5.43 Å². The van der Waals surface area contributed by atoms with Crippen LogP contribution < -0.4 is 10.7 Å². The number of rotatable bonds is 6. The summed E-state index contributed by atoms with van der Waals surface area (Å²) >= 11 is 0. The highest BCUT2D eigenvalue weighted by Gasteiger charge is 2.09. The number of nitrogens with zero attached hydrogens (tertiary/aromatic N) is 2. The van der Waals surface area contributed by atoms with E-state index in [1.54, 1.807) is 6.21 Å². The molecule has 0 spiro atoms. The molecule has 1 heterocycles. The molecule has 3 aromatic rings. The number of nitrogens with one attached hydrogen (secondary N) is 2. The first-order chi connectivity index (χ1) is 13.0. The van der Waals surface area contributed by atoms with Gasteiger partial charge in [-0.15, -0.1) is 0 Å². The van der Waals surface area contributed by atoms with E-state index in [9.17, 15) is 4.79 Å². The van der Waals surface area contributed by atoms with Crippen LogP contribution in [0.5, 0.6) is 0 Å². The van der Waals surface area contributed by atoms with Crippen LogP contribution in [0, 0.1) is 20.8 Å². The Morgan fingerprint density at radius 2 is 1.81 bits per heavy atom. The van der Waals surface area contributed by atoms with E-state index in [-0.39, 0.29) is 12.5 Å². The Morgan fingerprint density at radius 3 is 2.56 bits per heavy atom. The van der Waals surface area contributed by atoms with Gasteiger partial charge in [0.2, 0.25) is 0 Å². The van der Waals surface area contributed by atoms with Gasteiger partial charge in [-0.1, -0.05) is 30.3 Å². The second-order valence-electron chi connectivity index (χ2n) is 6.51. The van der Waals surface area contributed by atoms with Crippen LogP contribution in [0.25, 0.3) is 5.69 Å². The molecular weight excluding hydrogens is 336 g/mol. The molecule has 1 aromatic heterocycles. The van der Waals surface area contributed by atoms with E-state index >= 15 is 0 Å². The zero-order valence-corrected chi connectivity index (χ0v) is 15.9. The summed E-state index contributed by atoms with van der Waals surface area (Å²) in [5.41, 5.74) is 8.99. The third-order valence-corrected chi connectivity index (χ3v) is 4.35. The Morgan fingerprint density at radius 1 is 1.04 bits per heavy atom. The topological polar surface area (TPSA) is 58.4 Å². The summed E-state index contributed by atoms with van der Waals surface area (Å²) in [6.45, 7) is 6.37. The van der Waals surface area contributed by atoms with E-state index in [0.29, 0.717) is 0 Å². The molecule has 5 heteroatoms. The lowest BCUT2D eigenvalue weighted by Gasteiger charge is -2.10. The zero-order valence-electron chi connectivity index (χ0n) is 15.9. The van der Waals surface area contributed by atoms with Gasteiger partial charge >= 0.3 is 0 Å². The van der Waals surface area contributed by atoms with Crippen molar-refractivity contribution >= 4 is 17.8 Å². The van der Waals surface area contributed by atoms with Gasteiger partial charge in [0.25, 0.3) is 5.91 Å². The number of carbonyl (C=O) groups is 1. The molecule has 0 fully saturated rings. The van der Waals surface area contributed by atoms with E-state index in [1.807, 2.05) is 30.3 Å². The fourth-order valence-electron chi connectivity index (χ4n) is 3.03. The SMILES string of the molecule is Cc1cccc(-n2c(C)cc(/C=N\NC(=O)CNc3ccccc3)c2C)c1. The fourth-order valence-corrected chi connectivity index (χ4v) is 3.03. The van der Waals surface area contributed by atoms with Crippen LogP contribution >= 0.6 is 0 Å². The van der Waals surface area contributed by atoms with Gasteiger partial charge in [-0.2, -0.15) is 5.10 Å². The van der Waals surface area contributed by atoms with Crippen molar-refractivity contribution in [2.75, 3.05) is 11.9 Å². The van der Waals surface area contributed by atoms with Crippen LogP contribution in [-0.2, 0) is 4.79 Å². The van der Waals surface area contributed by atoms with Crippen molar-refractivity contribution in [3.05, 3.63) is 83.2 Å². The quantitative estimate of drug-likeness (QED) is 0.516. The molecule has 0 radical (unpaired) electrons. The number of hydrazone groups is 1. The molecule has 2 N–H and O–H groups in total. The largest absolute Gasteiger partial charge is 0.376 e. The number of carbonyl (C=O) groups excluding carboxylic acids is 1. The van der Waals surface area contributed by atoms with Gasteiger partial charge in [0.05, 0.1) is 12.8 Å². The predicted octanol–water partition coefficient (Wildman–Crippen LogP) is 3.96. The third kappa shape index (κ3) is 4.64. The van der Waals surface area contributed by atoms with E-state index in [4.69, 9.17) is 0 Å². The molecule has 0 saturated heterocycles. The number of aryl methyl sites for hydroxylation is 2. The highest BCUT2D eigenvalue weighted by molar-refractivity contribution is 5.85. The molecule has 5 nitrogen and oxygen atoms in total. The number of hydrogen-bond acceptors (Lipinski definition) is 3. The maximum absolute atomic E-state index is 11.9. The zero-order chi connectivity index (χ0) is 19.2. The maximum atomic E-state index is 11.9. The van der Waals surface area contributed by atoms with Gasteiger partial charge < -0.3 is 9.88 Å². The molecule has 2 aromatic carbocycles. The van der Waals surface area contributed by atoms with Gasteiger partial charge in [0, 0.05) is 28.3 Å². The lowest BCUT2D eigenvalue weighted by atomic mass is 10.2. The summed E-state index contributed by atoms with van der Waals surface area (Å²) < 4.78 is 2.19. The van der Waals surface area contributed by atoms with Gasteiger partial charge in [-0.05, 0) is 56.7 Å². The second kappa shape index (κ2) is 8.36. The molecule has 0 bridgehead atoms. The molecule has 27 heavy (non-hydrogen) atoms. The van der Waals surface area contributed by atoms with Crippen molar-refractivity contribution in [3.8, 4) is 5.69 Å². The molecule has 3 rings (SSSR count). The van der Waals surface area contributed by atoms with Crippen LogP contribution in [0.1, 0.15) is 22.5 Å². The molecule has 0 aliphatic carbocycles. The Balaban J connectivity index is 1.64. The first-order valence-corrected chi connectivity index (χ1v) is 8.91. The second-order valence-corrected chi connectivity index (χ2v) is 6.51. The Kier molecular flexibility index (Phi) is 5.71. The molecule has 138 valence electrons. The predicted molar refractivity (Wildman–Crippen MR) is 111 cm³/mol. The number of amides is 1. The highest BCUT2D eigenvalue weighted by atomic mass is 16.2. The molecule has 0 unspecified atom stereocenters. The lowest BCUT2D eigenvalue weighted by molar-refractivity contribution is -0.119. The maximum Gasteiger partial charge on any atom is 0.259 e. The molecular formula is C22H24N4O.